The molecule has 0 unspecified atom stereocenters. The molecular weight excluding hydrogens is 510 g/mol. The smallest absolute Gasteiger partial charge is 0.255 e. The van der Waals surface area contributed by atoms with E-state index in [4.69, 9.17) is 18.9 Å². The van der Waals surface area contributed by atoms with Gasteiger partial charge in [-0.25, -0.2) is 4.68 Å². The maximum absolute atomic E-state index is 13.8. The molecule has 0 saturated carbocycles. The number of ether oxygens (including phenoxy) is 4. The van der Waals surface area contributed by atoms with Crippen LogP contribution in [0.3, 0.4) is 0 Å². The zero-order valence-electron chi connectivity index (χ0n) is 23.0. The first-order valence-corrected chi connectivity index (χ1v) is 12.7. The summed E-state index contributed by atoms with van der Waals surface area (Å²) in [5, 5.41) is 10.6. The van der Waals surface area contributed by atoms with Gasteiger partial charge < -0.3 is 29.6 Å². The van der Waals surface area contributed by atoms with Crippen molar-refractivity contribution in [1.82, 2.24) is 14.8 Å². The second-order valence-corrected chi connectivity index (χ2v) is 9.30. The second kappa shape index (κ2) is 11.4. The van der Waals surface area contributed by atoms with Crippen molar-refractivity contribution in [3.05, 3.63) is 95.0 Å². The van der Waals surface area contributed by atoms with E-state index in [0.717, 1.165) is 16.7 Å². The fourth-order valence-corrected chi connectivity index (χ4v) is 4.73. The molecular formula is C30H31N5O5. The number of carbonyl (C=O) groups excluding carboxylic acids is 1. The van der Waals surface area contributed by atoms with Crippen molar-refractivity contribution >= 4 is 17.5 Å². The zero-order valence-corrected chi connectivity index (χ0v) is 23.0. The highest BCUT2D eigenvalue weighted by atomic mass is 16.5. The van der Waals surface area contributed by atoms with Crippen LogP contribution in [-0.2, 0) is 11.4 Å². The normalized spacial score (nSPS) is 14.2. The predicted molar refractivity (Wildman–Crippen MR) is 151 cm³/mol. The highest BCUT2D eigenvalue weighted by Gasteiger charge is 2.34. The lowest BCUT2D eigenvalue weighted by Gasteiger charge is -2.29. The molecule has 0 fully saturated rings. The van der Waals surface area contributed by atoms with Crippen LogP contribution in [0.4, 0.5) is 11.6 Å². The Bertz CT molecular complexity index is 1580. The molecule has 0 radical (unpaired) electrons. The van der Waals surface area contributed by atoms with Crippen molar-refractivity contribution in [2.24, 2.45) is 0 Å². The van der Waals surface area contributed by atoms with E-state index in [1.54, 1.807) is 44.2 Å². The molecule has 1 atom stereocenters. The van der Waals surface area contributed by atoms with Gasteiger partial charge in [-0.1, -0.05) is 35.9 Å². The Hall–Kier alpha value is -4.99. The van der Waals surface area contributed by atoms with E-state index in [2.05, 4.69) is 26.8 Å². The number of methoxy groups -OCH3 is 3. The van der Waals surface area contributed by atoms with E-state index >= 15 is 0 Å². The second-order valence-electron chi connectivity index (χ2n) is 9.30. The molecule has 1 aromatic heterocycles. The van der Waals surface area contributed by atoms with Gasteiger partial charge in [0.25, 0.3) is 5.91 Å². The third-order valence-electron chi connectivity index (χ3n) is 6.67. The van der Waals surface area contributed by atoms with Crippen LogP contribution >= 0.6 is 0 Å². The summed E-state index contributed by atoms with van der Waals surface area (Å²) < 4.78 is 24.3. The number of hydrogen-bond donors (Lipinski definition) is 2. The molecule has 40 heavy (non-hydrogen) atoms. The summed E-state index contributed by atoms with van der Waals surface area (Å²) in [4.78, 5) is 18.2. The quantitative estimate of drug-likeness (QED) is 0.301. The first-order chi connectivity index (χ1) is 19.4. The molecule has 206 valence electrons. The lowest BCUT2D eigenvalue weighted by atomic mass is 9.94. The molecule has 0 aliphatic carbocycles. The molecule has 1 amide bonds. The van der Waals surface area contributed by atoms with E-state index in [-0.39, 0.29) is 5.91 Å². The standard InChI is InChI=1S/C30H31N5O5/c1-18-7-6-8-20(13-18)16-40-25-11-9-21(14-26(25)39-5)28-27(19(2)33-30-31-17-32-35(28)30)29(36)34-23-15-22(37-3)10-12-24(23)38-4/h6-15,17,28H,16H2,1-5H3,(H,34,36)(H,31,32,33)/t28-/m0/s1. The molecule has 2 heterocycles. The van der Waals surface area contributed by atoms with Crippen LogP contribution < -0.4 is 29.6 Å². The average molecular weight is 542 g/mol. The Balaban J connectivity index is 1.49. The summed E-state index contributed by atoms with van der Waals surface area (Å²) in [6, 6.07) is 18.4. The van der Waals surface area contributed by atoms with Crippen LogP contribution in [0.25, 0.3) is 0 Å². The number of anilines is 2. The van der Waals surface area contributed by atoms with Gasteiger partial charge in [0.15, 0.2) is 11.5 Å². The van der Waals surface area contributed by atoms with Gasteiger partial charge >= 0.3 is 0 Å². The van der Waals surface area contributed by atoms with Gasteiger partial charge in [-0.2, -0.15) is 10.1 Å². The molecule has 1 aliphatic heterocycles. The number of carbonyl (C=O) groups is 1. The van der Waals surface area contributed by atoms with Crippen molar-refractivity contribution in [1.29, 1.82) is 0 Å². The largest absolute Gasteiger partial charge is 0.497 e. The minimum atomic E-state index is -0.588. The Morgan fingerprint density at radius 1 is 0.950 bits per heavy atom. The lowest BCUT2D eigenvalue weighted by Crippen LogP contribution is -2.31. The number of benzene rings is 3. The Morgan fingerprint density at radius 3 is 2.50 bits per heavy atom. The van der Waals surface area contributed by atoms with Crippen LogP contribution in [0.5, 0.6) is 23.0 Å². The molecule has 1 aliphatic rings. The molecule has 0 spiro atoms. The molecule has 4 aromatic rings. The monoisotopic (exact) mass is 541 g/mol. The summed E-state index contributed by atoms with van der Waals surface area (Å²) >= 11 is 0. The topological polar surface area (TPSA) is 109 Å². The van der Waals surface area contributed by atoms with Crippen LogP contribution in [0.2, 0.25) is 0 Å². The van der Waals surface area contributed by atoms with E-state index in [0.29, 0.717) is 52.5 Å². The van der Waals surface area contributed by atoms with Crippen LogP contribution in [0.15, 0.2) is 78.3 Å². The number of fused-ring (bicyclic) bond motifs is 1. The Labute approximate surface area is 232 Å². The third kappa shape index (κ3) is 5.28. The number of aryl methyl sites for hydroxylation is 1. The highest BCUT2D eigenvalue weighted by molar-refractivity contribution is 6.06. The van der Waals surface area contributed by atoms with Crippen LogP contribution in [-0.4, -0.2) is 42.0 Å². The fraction of sp³-hybridized carbons (Fsp3) is 0.233. The Morgan fingerprint density at radius 2 is 1.75 bits per heavy atom. The van der Waals surface area contributed by atoms with Crippen molar-refractivity contribution in [2.75, 3.05) is 32.0 Å². The molecule has 2 N–H and O–H groups in total. The number of nitrogens with one attached hydrogen (secondary N) is 2. The van der Waals surface area contributed by atoms with Crippen molar-refractivity contribution in [2.45, 2.75) is 26.5 Å². The number of allylic oxidation sites excluding steroid dienone is 1. The molecule has 10 nitrogen and oxygen atoms in total. The van der Waals surface area contributed by atoms with Crippen molar-refractivity contribution < 1.29 is 23.7 Å². The molecule has 0 bridgehead atoms. The predicted octanol–water partition coefficient (Wildman–Crippen LogP) is 5.12. The van der Waals surface area contributed by atoms with E-state index in [1.165, 1.54) is 6.33 Å². The van der Waals surface area contributed by atoms with Gasteiger partial charge in [-0.3, -0.25) is 4.79 Å². The van der Waals surface area contributed by atoms with E-state index < -0.39 is 6.04 Å². The number of rotatable bonds is 9. The van der Waals surface area contributed by atoms with Crippen molar-refractivity contribution in [3.8, 4) is 23.0 Å². The van der Waals surface area contributed by atoms with E-state index in [1.807, 2.05) is 50.2 Å². The summed E-state index contributed by atoms with van der Waals surface area (Å²) in [6.07, 6.45) is 1.45. The number of nitrogens with zero attached hydrogens (tertiary/aromatic N) is 3. The van der Waals surface area contributed by atoms with Gasteiger partial charge in [0, 0.05) is 11.8 Å². The molecule has 5 rings (SSSR count). The van der Waals surface area contributed by atoms with Gasteiger partial charge in [-0.15, -0.1) is 0 Å². The first kappa shape index (κ1) is 26.6. The minimum absolute atomic E-state index is 0.332. The van der Waals surface area contributed by atoms with Crippen molar-refractivity contribution in [3.63, 3.8) is 0 Å². The number of aromatic nitrogens is 3. The maximum atomic E-state index is 13.8. The summed E-state index contributed by atoms with van der Waals surface area (Å²) in [5.41, 5.74) is 4.57. The lowest BCUT2D eigenvalue weighted by molar-refractivity contribution is -0.113. The van der Waals surface area contributed by atoms with Gasteiger partial charge in [0.1, 0.15) is 30.5 Å². The average Bonchev–Trinajstić information content (AvgIpc) is 3.43. The summed E-state index contributed by atoms with van der Waals surface area (Å²) in [6.45, 7) is 4.27. The first-order valence-electron chi connectivity index (χ1n) is 12.7. The number of hydrogen-bond acceptors (Lipinski definition) is 8. The minimum Gasteiger partial charge on any atom is -0.497 e. The Kier molecular flexibility index (Phi) is 7.59. The SMILES string of the molecule is COc1ccc(OC)c(NC(=O)C2=C(C)Nc3ncnn3[C@H]2c2ccc(OCc3cccc(C)c3)c(OC)c2)c1. The molecule has 3 aromatic carbocycles. The van der Waals surface area contributed by atoms with Gasteiger partial charge in [0.2, 0.25) is 5.95 Å². The summed E-state index contributed by atoms with van der Waals surface area (Å²) in [5.74, 6) is 2.42. The highest BCUT2D eigenvalue weighted by Crippen LogP contribution is 2.39. The van der Waals surface area contributed by atoms with E-state index in [9.17, 15) is 4.79 Å². The van der Waals surface area contributed by atoms with Crippen LogP contribution in [0, 0.1) is 6.92 Å². The number of amides is 1. The zero-order chi connectivity index (χ0) is 28.2. The van der Waals surface area contributed by atoms with Gasteiger partial charge in [0.05, 0.1) is 32.6 Å². The molecule has 0 saturated heterocycles. The van der Waals surface area contributed by atoms with Gasteiger partial charge in [-0.05, 0) is 49.2 Å². The summed E-state index contributed by atoms with van der Waals surface area (Å²) in [7, 11) is 4.70. The van der Waals surface area contributed by atoms with Crippen LogP contribution in [0.1, 0.15) is 29.7 Å². The maximum Gasteiger partial charge on any atom is 0.255 e. The third-order valence-corrected chi connectivity index (χ3v) is 6.67. The fourth-order valence-electron chi connectivity index (χ4n) is 4.73. The molecule has 10 heteroatoms.